The highest BCUT2D eigenvalue weighted by Crippen LogP contribution is 2.28. The molecule has 4 heteroatoms. The predicted octanol–water partition coefficient (Wildman–Crippen LogP) is 2.15. The molecule has 0 bridgehead atoms. The Kier molecular flexibility index (Phi) is 3.97. The van der Waals surface area contributed by atoms with E-state index in [9.17, 15) is 4.79 Å². The van der Waals surface area contributed by atoms with Crippen molar-refractivity contribution in [1.82, 2.24) is 5.32 Å². The largest absolute Gasteiger partial charge is 0.346 e. The third-order valence-corrected chi connectivity index (χ3v) is 4.12. The highest BCUT2D eigenvalue weighted by Gasteiger charge is 2.33. The summed E-state index contributed by atoms with van der Waals surface area (Å²) in [6, 6.07) is 3.96. The van der Waals surface area contributed by atoms with Crippen LogP contribution in [0.15, 0.2) is 23.6 Å². The minimum Gasteiger partial charge on any atom is -0.346 e. The summed E-state index contributed by atoms with van der Waals surface area (Å²) in [6.45, 7) is 0.533. The van der Waals surface area contributed by atoms with Crippen LogP contribution in [0.3, 0.4) is 0 Å². The van der Waals surface area contributed by atoms with Crippen LogP contribution in [0.1, 0.15) is 30.6 Å². The van der Waals surface area contributed by atoms with Gasteiger partial charge in [-0.25, -0.2) is 0 Å². The second-order valence-corrected chi connectivity index (χ2v) is 5.51. The average molecular weight is 250 g/mol. The summed E-state index contributed by atoms with van der Waals surface area (Å²) in [6.07, 6.45) is 7.77. The van der Waals surface area contributed by atoms with E-state index in [0.29, 0.717) is 6.54 Å². The number of nitrogens with two attached hydrogens (primary N) is 1. The molecule has 1 saturated carbocycles. The van der Waals surface area contributed by atoms with Crippen molar-refractivity contribution >= 4 is 23.3 Å². The van der Waals surface area contributed by atoms with Crippen molar-refractivity contribution in [3.05, 3.63) is 28.5 Å². The van der Waals surface area contributed by atoms with Gasteiger partial charge in [0.2, 0.25) is 5.91 Å². The van der Waals surface area contributed by atoms with E-state index < -0.39 is 0 Å². The number of carbonyl (C=O) groups excluding carboxylic acids is 1. The van der Waals surface area contributed by atoms with Gasteiger partial charge in [0.1, 0.15) is 0 Å². The van der Waals surface area contributed by atoms with Crippen LogP contribution in [-0.2, 0) is 4.79 Å². The topological polar surface area (TPSA) is 55.1 Å². The SMILES string of the molecule is NCC1(NC(=O)C=Cc2cccs2)CCCC1. The van der Waals surface area contributed by atoms with Gasteiger partial charge in [0, 0.05) is 17.5 Å². The Bertz CT molecular complexity index is 392. The van der Waals surface area contributed by atoms with Crippen molar-refractivity contribution < 1.29 is 4.79 Å². The summed E-state index contributed by atoms with van der Waals surface area (Å²) in [5, 5.41) is 5.05. The van der Waals surface area contributed by atoms with Crippen LogP contribution >= 0.6 is 11.3 Å². The van der Waals surface area contributed by atoms with Crippen molar-refractivity contribution in [3.63, 3.8) is 0 Å². The van der Waals surface area contributed by atoms with Gasteiger partial charge < -0.3 is 11.1 Å². The Balaban J connectivity index is 1.92. The fourth-order valence-corrected chi connectivity index (χ4v) is 2.90. The van der Waals surface area contributed by atoms with Crippen LogP contribution in [0.5, 0.6) is 0 Å². The van der Waals surface area contributed by atoms with Crippen LogP contribution in [0, 0.1) is 0 Å². The Morgan fingerprint density at radius 1 is 1.53 bits per heavy atom. The number of hydrogen-bond acceptors (Lipinski definition) is 3. The van der Waals surface area contributed by atoms with Crippen LogP contribution in [0.25, 0.3) is 6.08 Å². The monoisotopic (exact) mass is 250 g/mol. The molecular weight excluding hydrogens is 232 g/mol. The number of amides is 1. The molecule has 1 aliphatic rings. The average Bonchev–Trinajstić information content (AvgIpc) is 2.98. The van der Waals surface area contributed by atoms with Gasteiger partial charge in [0.25, 0.3) is 0 Å². The first-order valence-corrected chi connectivity index (χ1v) is 6.86. The lowest BCUT2D eigenvalue weighted by Gasteiger charge is -2.27. The molecule has 0 aliphatic heterocycles. The summed E-state index contributed by atoms with van der Waals surface area (Å²) in [4.78, 5) is 12.9. The summed E-state index contributed by atoms with van der Waals surface area (Å²) < 4.78 is 0. The standard InChI is InChI=1S/C13H18N2OS/c14-10-13(7-1-2-8-13)15-12(16)6-5-11-4-3-9-17-11/h3-6,9H,1-2,7-8,10,14H2,(H,15,16). The normalized spacial score (nSPS) is 18.6. The molecule has 1 aliphatic carbocycles. The Morgan fingerprint density at radius 3 is 2.88 bits per heavy atom. The predicted molar refractivity (Wildman–Crippen MR) is 71.7 cm³/mol. The van der Waals surface area contributed by atoms with Crippen molar-refractivity contribution in [2.24, 2.45) is 5.73 Å². The van der Waals surface area contributed by atoms with Crippen LogP contribution in [0.2, 0.25) is 0 Å². The molecule has 0 saturated heterocycles. The Hall–Kier alpha value is -1.13. The molecule has 3 nitrogen and oxygen atoms in total. The first kappa shape index (κ1) is 12.3. The molecule has 0 spiro atoms. The van der Waals surface area contributed by atoms with E-state index in [1.807, 2.05) is 23.6 Å². The summed E-state index contributed by atoms with van der Waals surface area (Å²) in [5.41, 5.74) is 5.62. The second-order valence-electron chi connectivity index (χ2n) is 4.53. The summed E-state index contributed by atoms with van der Waals surface area (Å²) >= 11 is 1.62. The molecule has 1 aromatic rings. The minimum absolute atomic E-state index is 0.0363. The van der Waals surface area contributed by atoms with E-state index in [2.05, 4.69) is 5.32 Å². The Labute approximate surface area is 106 Å². The Morgan fingerprint density at radius 2 is 2.29 bits per heavy atom. The van der Waals surface area contributed by atoms with E-state index in [-0.39, 0.29) is 11.4 Å². The molecule has 0 atom stereocenters. The highest BCUT2D eigenvalue weighted by atomic mass is 32.1. The lowest BCUT2D eigenvalue weighted by atomic mass is 9.98. The van der Waals surface area contributed by atoms with Crippen LogP contribution in [0.4, 0.5) is 0 Å². The maximum absolute atomic E-state index is 11.8. The molecule has 3 N–H and O–H groups in total. The zero-order valence-electron chi connectivity index (χ0n) is 9.82. The van der Waals surface area contributed by atoms with Gasteiger partial charge in [-0.2, -0.15) is 0 Å². The van der Waals surface area contributed by atoms with Gasteiger partial charge in [-0.05, 0) is 30.4 Å². The van der Waals surface area contributed by atoms with Gasteiger partial charge in [0.05, 0.1) is 5.54 Å². The van der Waals surface area contributed by atoms with Crippen molar-refractivity contribution in [3.8, 4) is 0 Å². The van der Waals surface area contributed by atoms with Gasteiger partial charge in [-0.1, -0.05) is 18.9 Å². The fourth-order valence-electron chi connectivity index (χ4n) is 2.28. The van der Waals surface area contributed by atoms with Crippen LogP contribution in [-0.4, -0.2) is 18.0 Å². The van der Waals surface area contributed by atoms with E-state index in [1.54, 1.807) is 17.4 Å². The lowest BCUT2D eigenvalue weighted by molar-refractivity contribution is -0.118. The van der Waals surface area contributed by atoms with Crippen molar-refractivity contribution in [1.29, 1.82) is 0 Å². The molecule has 1 fully saturated rings. The zero-order valence-corrected chi connectivity index (χ0v) is 10.6. The van der Waals surface area contributed by atoms with Gasteiger partial charge in [0.15, 0.2) is 0 Å². The third-order valence-electron chi connectivity index (χ3n) is 3.28. The first-order chi connectivity index (χ1) is 8.24. The van der Waals surface area contributed by atoms with E-state index in [0.717, 1.165) is 30.6 Å². The van der Waals surface area contributed by atoms with E-state index in [4.69, 9.17) is 5.73 Å². The first-order valence-electron chi connectivity index (χ1n) is 5.98. The molecule has 2 rings (SSSR count). The number of thiophene rings is 1. The van der Waals surface area contributed by atoms with Gasteiger partial charge >= 0.3 is 0 Å². The molecule has 1 aromatic heterocycles. The van der Waals surface area contributed by atoms with Crippen LogP contribution < -0.4 is 11.1 Å². The van der Waals surface area contributed by atoms with Crippen molar-refractivity contribution in [2.45, 2.75) is 31.2 Å². The fraction of sp³-hybridized carbons (Fsp3) is 0.462. The molecule has 0 unspecified atom stereocenters. The summed E-state index contributed by atoms with van der Waals surface area (Å²) in [7, 11) is 0. The zero-order chi connectivity index (χ0) is 12.1. The highest BCUT2D eigenvalue weighted by molar-refractivity contribution is 7.10. The molecule has 92 valence electrons. The molecular formula is C13H18N2OS. The second kappa shape index (κ2) is 5.47. The molecule has 1 amide bonds. The van der Waals surface area contributed by atoms with Gasteiger partial charge in [-0.3, -0.25) is 4.79 Å². The number of rotatable bonds is 4. The van der Waals surface area contributed by atoms with E-state index >= 15 is 0 Å². The third kappa shape index (κ3) is 3.17. The lowest BCUT2D eigenvalue weighted by Crippen LogP contribution is -2.51. The maximum Gasteiger partial charge on any atom is 0.244 e. The molecule has 0 aromatic carbocycles. The number of hydrogen-bond donors (Lipinski definition) is 2. The molecule has 17 heavy (non-hydrogen) atoms. The maximum atomic E-state index is 11.8. The van der Waals surface area contributed by atoms with E-state index in [1.165, 1.54) is 0 Å². The molecule has 1 heterocycles. The number of carbonyl (C=O) groups is 1. The quantitative estimate of drug-likeness (QED) is 0.804. The number of nitrogens with one attached hydrogen (secondary N) is 1. The van der Waals surface area contributed by atoms with Gasteiger partial charge in [-0.15, -0.1) is 11.3 Å². The smallest absolute Gasteiger partial charge is 0.244 e. The summed E-state index contributed by atoms with van der Waals surface area (Å²) in [5.74, 6) is -0.0363. The minimum atomic E-state index is -0.156. The molecule has 0 radical (unpaired) electrons. The van der Waals surface area contributed by atoms with Crippen molar-refractivity contribution in [2.75, 3.05) is 6.54 Å².